The van der Waals surface area contributed by atoms with Crippen LogP contribution in [0.2, 0.25) is 0 Å². The molecule has 0 heterocycles. The number of rotatable bonds is 7. The van der Waals surface area contributed by atoms with Gasteiger partial charge in [-0.1, -0.05) is 54.6 Å². The number of hydrogen-bond acceptors (Lipinski definition) is 3. The van der Waals surface area contributed by atoms with E-state index in [4.69, 9.17) is 9.47 Å². The van der Waals surface area contributed by atoms with E-state index in [0.29, 0.717) is 19.6 Å². The standard InChI is InChI=1S/C19H20O3/c1-3-21-19(20)15(2)22-14-13-17-11-7-8-12-18(17)16-9-5-4-6-10-16/h4-12H,2-3,13-14H2,1H3. The normalized spacial score (nSPS) is 10.0. The highest BCUT2D eigenvalue weighted by molar-refractivity contribution is 5.85. The fourth-order valence-electron chi connectivity index (χ4n) is 2.19. The summed E-state index contributed by atoms with van der Waals surface area (Å²) in [5, 5.41) is 0. The van der Waals surface area contributed by atoms with Crippen LogP contribution >= 0.6 is 0 Å². The zero-order valence-electron chi connectivity index (χ0n) is 12.7. The van der Waals surface area contributed by atoms with Crippen LogP contribution in [0.3, 0.4) is 0 Å². The number of carbonyl (C=O) groups is 1. The van der Waals surface area contributed by atoms with E-state index in [-0.39, 0.29) is 5.76 Å². The van der Waals surface area contributed by atoms with Crippen LogP contribution < -0.4 is 0 Å². The van der Waals surface area contributed by atoms with Crippen LogP contribution in [0.4, 0.5) is 0 Å². The van der Waals surface area contributed by atoms with Crippen LogP contribution in [-0.2, 0) is 20.7 Å². The molecular weight excluding hydrogens is 276 g/mol. The van der Waals surface area contributed by atoms with Crippen molar-refractivity contribution in [1.82, 2.24) is 0 Å². The van der Waals surface area contributed by atoms with Crippen molar-refractivity contribution in [2.24, 2.45) is 0 Å². The van der Waals surface area contributed by atoms with Crippen molar-refractivity contribution >= 4 is 5.97 Å². The van der Waals surface area contributed by atoms with Crippen LogP contribution in [-0.4, -0.2) is 19.2 Å². The maximum absolute atomic E-state index is 11.4. The summed E-state index contributed by atoms with van der Waals surface area (Å²) in [5.74, 6) is -0.446. The Kier molecular flexibility index (Phi) is 5.78. The van der Waals surface area contributed by atoms with E-state index in [2.05, 4.69) is 30.8 Å². The molecule has 2 rings (SSSR count). The Morgan fingerprint density at radius 3 is 2.41 bits per heavy atom. The van der Waals surface area contributed by atoms with Crippen LogP contribution in [0.5, 0.6) is 0 Å². The SMILES string of the molecule is C=C(OCCc1ccccc1-c1ccccc1)C(=O)OCC. The lowest BCUT2D eigenvalue weighted by molar-refractivity contribution is -0.142. The molecule has 0 N–H and O–H groups in total. The lowest BCUT2D eigenvalue weighted by Crippen LogP contribution is -2.11. The molecule has 3 heteroatoms. The summed E-state index contributed by atoms with van der Waals surface area (Å²) in [6, 6.07) is 18.4. The number of carbonyl (C=O) groups excluding carboxylic acids is 1. The minimum absolute atomic E-state index is 0.0547. The quantitative estimate of drug-likeness (QED) is 0.440. The summed E-state index contributed by atoms with van der Waals surface area (Å²) >= 11 is 0. The van der Waals surface area contributed by atoms with Crippen molar-refractivity contribution < 1.29 is 14.3 Å². The maximum atomic E-state index is 11.4. The highest BCUT2D eigenvalue weighted by atomic mass is 16.6. The van der Waals surface area contributed by atoms with E-state index < -0.39 is 5.97 Å². The van der Waals surface area contributed by atoms with Crippen molar-refractivity contribution in [3.63, 3.8) is 0 Å². The predicted octanol–water partition coefficient (Wildman–Crippen LogP) is 3.99. The Labute approximate surface area is 131 Å². The zero-order valence-corrected chi connectivity index (χ0v) is 12.7. The highest BCUT2D eigenvalue weighted by Gasteiger charge is 2.09. The lowest BCUT2D eigenvalue weighted by Gasteiger charge is -2.11. The molecule has 0 aliphatic rings. The monoisotopic (exact) mass is 296 g/mol. The van der Waals surface area contributed by atoms with Crippen LogP contribution in [0.15, 0.2) is 66.9 Å². The van der Waals surface area contributed by atoms with E-state index in [9.17, 15) is 4.79 Å². The van der Waals surface area contributed by atoms with Gasteiger partial charge in [-0.05, 0) is 30.2 Å². The third-order valence-corrected chi connectivity index (χ3v) is 3.25. The Morgan fingerprint density at radius 2 is 1.68 bits per heavy atom. The minimum atomic E-state index is -0.501. The Bertz CT molecular complexity index is 632. The first kappa shape index (κ1) is 15.8. The third kappa shape index (κ3) is 4.22. The van der Waals surface area contributed by atoms with E-state index in [1.54, 1.807) is 6.92 Å². The van der Waals surface area contributed by atoms with Gasteiger partial charge < -0.3 is 9.47 Å². The lowest BCUT2D eigenvalue weighted by atomic mass is 9.98. The molecule has 3 nitrogen and oxygen atoms in total. The van der Waals surface area contributed by atoms with Gasteiger partial charge in [0.2, 0.25) is 0 Å². The summed E-state index contributed by atoms with van der Waals surface area (Å²) in [7, 11) is 0. The summed E-state index contributed by atoms with van der Waals surface area (Å²) in [6.45, 7) is 6.05. The van der Waals surface area contributed by atoms with Gasteiger partial charge in [0.25, 0.3) is 0 Å². The van der Waals surface area contributed by atoms with Gasteiger partial charge in [0.05, 0.1) is 13.2 Å². The Hall–Kier alpha value is -2.55. The van der Waals surface area contributed by atoms with Crippen molar-refractivity contribution in [2.75, 3.05) is 13.2 Å². The highest BCUT2D eigenvalue weighted by Crippen LogP contribution is 2.23. The first-order valence-electron chi connectivity index (χ1n) is 7.34. The minimum Gasteiger partial charge on any atom is -0.487 e. The molecular formula is C19H20O3. The summed E-state index contributed by atoms with van der Waals surface area (Å²) < 4.78 is 10.2. The first-order valence-corrected chi connectivity index (χ1v) is 7.34. The van der Waals surface area contributed by atoms with Crippen molar-refractivity contribution in [1.29, 1.82) is 0 Å². The molecule has 0 fully saturated rings. The molecule has 0 atom stereocenters. The second-order valence-corrected chi connectivity index (χ2v) is 4.77. The molecule has 22 heavy (non-hydrogen) atoms. The van der Waals surface area contributed by atoms with Gasteiger partial charge in [-0.3, -0.25) is 0 Å². The van der Waals surface area contributed by atoms with Gasteiger partial charge >= 0.3 is 5.97 Å². The molecule has 2 aromatic rings. The number of hydrogen-bond donors (Lipinski definition) is 0. The molecule has 0 radical (unpaired) electrons. The molecule has 0 bridgehead atoms. The largest absolute Gasteiger partial charge is 0.487 e. The van der Waals surface area contributed by atoms with E-state index in [1.807, 2.05) is 30.3 Å². The van der Waals surface area contributed by atoms with Gasteiger partial charge in [0, 0.05) is 6.42 Å². The fraction of sp³-hybridized carbons (Fsp3) is 0.211. The zero-order chi connectivity index (χ0) is 15.8. The predicted molar refractivity (Wildman–Crippen MR) is 87.3 cm³/mol. The van der Waals surface area contributed by atoms with Crippen LogP contribution in [0.1, 0.15) is 12.5 Å². The Morgan fingerprint density at radius 1 is 1.00 bits per heavy atom. The molecule has 0 saturated heterocycles. The molecule has 2 aromatic carbocycles. The van der Waals surface area contributed by atoms with Gasteiger partial charge in [-0.25, -0.2) is 4.79 Å². The van der Waals surface area contributed by atoms with Crippen molar-refractivity contribution in [3.8, 4) is 11.1 Å². The maximum Gasteiger partial charge on any atom is 0.372 e. The van der Waals surface area contributed by atoms with Gasteiger partial charge in [0.1, 0.15) is 0 Å². The van der Waals surface area contributed by atoms with Gasteiger partial charge in [-0.2, -0.15) is 0 Å². The molecule has 0 aromatic heterocycles. The second kappa shape index (κ2) is 8.03. The number of benzene rings is 2. The summed E-state index contributed by atoms with van der Waals surface area (Å²) in [6.07, 6.45) is 0.698. The number of ether oxygens (including phenoxy) is 2. The molecule has 0 amide bonds. The van der Waals surface area contributed by atoms with E-state index in [0.717, 1.165) is 0 Å². The smallest absolute Gasteiger partial charge is 0.372 e. The second-order valence-electron chi connectivity index (χ2n) is 4.77. The average Bonchev–Trinajstić information content (AvgIpc) is 2.56. The average molecular weight is 296 g/mol. The molecule has 0 aliphatic carbocycles. The van der Waals surface area contributed by atoms with Crippen LogP contribution in [0.25, 0.3) is 11.1 Å². The molecule has 0 unspecified atom stereocenters. The summed E-state index contributed by atoms with van der Waals surface area (Å²) in [5.41, 5.74) is 3.51. The molecule has 0 aliphatic heterocycles. The van der Waals surface area contributed by atoms with Crippen molar-refractivity contribution in [2.45, 2.75) is 13.3 Å². The van der Waals surface area contributed by atoms with E-state index >= 15 is 0 Å². The molecule has 0 saturated carbocycles. The van der Waals surface area contributed by atoms with E-state index in [1.165, 1.54) is 16.7 Å². The van der Waals surface area contributed by atoms with Crippen LogP contribution in [0, 0.1) is 0 Å². The van der Waals surface area contributed by atoms with Gasteiger partial charge in [0.15, 0.2) is 5.76 Å². The topological polar surface area (TPSA) is 35.5 Å². The third-order valence-electron chi connectivity index (χ3n) is 3.25. The van der Waals surface area contributed by atoms with Gasteiger partial charge in [-0.15, -0.1) is 0 Å². The molecule has 114 valence electrons. The first-order chi connectivity index (χ1) is 10.7. The Balaban J connectivity index is 2.00. The summed E-state index contributed by atoms with van der Waals surface area (Å²) in [4.78, 5) is 11.4. The fourth-order valence-corrected chi connectivity index (χ4v) is 2.19. The number of esters is 1. The van der Waals surface area contributed by atoms with Crippen molar-refractivity contribution in [3.05, 3.63) is 72.5 Å². The molecule has 0 spiro atoms.